The fraction of sp³-hybridized carbons (Fsp3) is 0.429. The van der Waals surface area contributed by atoms with Crippen molar-refractivity contribution in [3.05, 3.63) is 28.8 Å². The van der Waals surface area contributed by atoms with Gasteiger partial charge in [-0.05, 0) is 31.0 Å². The number of aliphatic hydroxyl groups is 1. The van der Waals surface area contributed by atoms with E-state index >= 15 is 0 Å². The van der Waals surface area contributed by atoms with Crippen LogP contribution in [-0.4, -0.2) is 22.5 Å². The standard InChI is InChI=1S/C14H17ClN2O3/c15-11-7-9(3-4-10(11)13(16)19)17-12(18)8-14(20)5-1-2-6-14/h3-4,7,20H,1-2,5-6,8H2,(H2,16,19)(H,17,18). The molecule has 0 saturated heterocycles. The maximum absolute atomic E-state index is 11.9. The van der Waals surface area contributed by atoms with E-state index in [1.54, 1.807) is 6.07 Å². The Morgan fingerprint density at radius 3 is 2.55 bits per heavy atom. The van der Waals surface area contributed by atoms with E-state index in [1.165, 1.54) is 12.1 Å². The van der Waals surface area contributed by atoms with Gasteiger partial charge in [0.2, 0.25) is 11.8 Å². The number of nitrogens with one attached hydrogen (secondary N) is 1. The Labute approximate surface area is 122 Å². The first-order chi connectivity index (χ1) is 9.39. The second-order valence-corrected chi connectivity index (χ2v) is 5.62. The molecule has 0 atom stereocenters. The van der Waals surface area contributed by atoms with Crippen LogP contribution < -0.4 is 11.1 Å². The zero-order valence-corrected chi connectivity index (χ0v) is 11.7. The van der Waals surface area contributed by atoms with Gasteiger partial charge in [0.25, 0.3) is 0 Å². The predicted octanol–water partition coefficient (Wildman–Crippen LogP) is 2.07. The SMILES string of the molecule is NC(=O)c1ccc(NC(=O)CC2(O)CCCC2)cc1Cl. The Hall–Kier alpha value is -1.59. The van der Waals surface area contributed by atoms with Gasteiger partial charge in [0.15, 0.2) is 0 Å². The third-order valence-corrected chi connectivity index (χ3v) is 3.85. The molecule has 0 aliphatic heterocycles. The van der Waals surface area contributed by atoms with Crippen LogP contribution in [0.2, 0.25) is 5.02 Å². The number of nitrogens with two attached hydrogens (primary N) is 1. The van der Waals surface area contributed by atoms with E-state index < -0.39 is 11.5 Å². The van der Waals surface area contributed by atoms with Crippen LogP contribution in [0.3, 0.4) is 0 Å². The maximum Gasteiger partial charge on any atom is 0.250 e. The van der Waals surface area contributed by atoms with Crippen molar-refractivity contribution in [2.24, 2.45) is 5.73 Å². The van der Waals surface area contributed by atoms with Gasteiger partial charge >= 0.3 is 0 Å². The summed E-state index contributed by atoms with van der Waals surface area (Å²) in [4.78, 5) is 22.9. The molecule has 1 aromatic rings. The molecule has 6 heteroatoms. The lowest BCUT2D eigenvalue weighted by atomic mass is 9.97. The Morgan fingerprint density at radius 2 is 2.00 bits per heavy atom. The fourth-order valence-corrected chi connectivity index (χ4v) is 2.78. The predicted molar refractivity (Wildman–Crippen MR) is 76.6 cm³/mol. The molecule has 2 amide bonds. The fourth-order valence-electron chi connectivity index (χ4n) is 2.51. The number of amides is 2. The van der Waals surface area contributed by atoms with Crippen LogP contribution in [-0.2, 0) is 4.79 Å². The molecule has 2 rings (SSSR count). The van der Waals surface area contributed by atoms with E-state index in [0.29, 0.717) is 18.5 Å². The molecule has 1 aliphatic rings. The quantitative estimate of drug-likeness (QED) is 0.794. The number of benzene rings is 1. The number of anilines is 1. The summed E-state index contributed by atoms with van der Waals surface area (Å²) in [6.07, 6.45) is 3.28. The molecule has 0 unspecified atom stereocenters. The molecule has 4 N–H and O–H groups in total. The number of rotatable bonds is 4. The molecule has 20 heavy (non-hydrogen) atoms. The number of hydrogen-bond acceptors (Lipinski definition) is 3. The molecular weight excluding hydrogens is 280 g/mol. The van der Waals surface area contributed by atoms with E-state index in [0.717, 1.165) is 12.8 Å². The lowest BCUT2D eigenvalue weighted by Crippen LogP contribution is -2.30. The summed E-state index contributed by atoms with van der Waals surface area (Å²) in [6.45, 7) is 0. The monoisotopic (exact) mass is 296 g/mol. The number of hydrogen-bond donors (Lipinski definition) is 3. The van der Waals surface area contributed by atoms with Crippen molar-refractivity contribution in [3.63, 3.8) is 0 Å². The minimum absolute atomic E-state index is 0.0716. The van der Waals surface area contributed by atoms with Gasteiger partial charge in [0.05, 0.1) is 22.6 Å². The molecule has 5 nitrogen and oxygen atoms in total. The van der Waals surface area contributed by atoms with E-state index in [9.17, 15) is 14.7 Å². The summed E-state index contributed by atoms with van der Waals surface area (Å²) in [5.74, 6) is -0.884. The lowest BCUT2D eigenvalue weighted by molar-refractivity contribution is -0.120. The second-order valence-electron chi connectivity index (χ2n) is 5.22. The van der Waals surface area contributed by atoms with Crippen LogP contribution in [0.15, 0.2) is 18.2 Å². The maximum atomic E-state index is 11.9. The lowest BCUT2D eigenvalue weighted by Gasteiger charge is -2.21. The molecule has 108 valence electrons. The summed E-state index contributed by atoms with van der Waals surface area (Å²) >= 11 is 5.90. The summed E-state index contributed by atoms with van der Waals surface area (Å²) in [7, 11) is 0. The molecule has 0 radical (unpaired) electrons. The van der Waals surface area contributed by atoms with E-state index in [1.807, 2.05) is 0 Å². The van der Waals surface area contributed by atoms with Gasteiger partial charge in [0.1, 0.15) is 0 Å². The summed E-state index contributed by atoms with van der Waals surface area (Å²) in [5.41, 5.74) is 4.95. The van der Waals surface area contributed by atoms with Crippen molar-refractivity contribution in [1.29, 1.82) is 0 Å². The first-order valence-corrected chi connectivity index (χ1v) is 6.89. The number of carbonyl (C=O) groups is 2. The molecule has 1 aliphatic carbocycles. The van der Waals surface area contributed by atoms with Crippen molar-refractivity contribution >= 4 is 29.1 Å². The minimum Gasteiger partial charge on any atom is -0.389 e. The number of halogens is 1. The van der Waals surface area contributed by atoms with Crippen molar-refractivity contribution in [2.75, 3.05) is 5.32 Å². The highest BCUT2D eigenvalue weighted by Crippen LogP contribution is 2.32. The number of primary amides is 1. The van der Waals surface area contributed by atoms with Gasteiger partial charge in [-0.15, -0.1) is 0 Å². The van der Waals surface area contributed by atoms with Gasteiger partial charge in [-0.25, -0.2) is 0 Å². The minimum atomic E-state index is -0.888. The molecule has 1 saturated carbocycles. The van der Waals surface area contributed by atoms with Crippen LogP contribution in [0.4, 0.5) is 5.69 Å². The Balaban J connectivity index is 2.01. The van der Waals surface area contributed by atoms with Crippen LogP contribution in [0.25, 0.3) is 0 Å². The van der Waals surface area contributed by atoms with E-state index in [2.05, 4.69) is 5.32 Å². The van der Waals surface area contributed by atoms with Crippen molar-refractivity contribution in [1.82, 2.24) is 0 Å². The Bertz CT molecular complexity index is 539. The zero-order chi connectivity index (χ0) is 14.8. The highest BCUT2D eigenvalue weighted by atomic mass is 35.5. The molecule has 0 bridgehead atoms. The topological polar surface area (TPSA) is 92.4 Å². The third-order valence-electron chi connectivity index (χ3n) is 3.54. The molecular formula is C14H17ClN2O3. The molecule has 0 heterocycles. The normalized spacial score (nSPS) is 16.9. The highest BCUT2D eigenvalue weighted by Gasteiger charge is 2.33. The van der Waals surface area contributed by atoms with Crippen LogP contribution in [0.5, 0.6) is 0 Å². The average Bonchev–Trinajstić information content (AvgIpc) is 2.74. The van der Waals surface area contributed by atoms with Crippen molar-refractivity contribution in [2.45, 2.75) is 37.7 Å². The van der Waals surface area contributed by atoms with Crippen molar-refractivity contribution in [3.8, 4) is 0 Å². The smallest absolute Gasteiger partial charge is 0.250 e. The van der Waals surface area contributed by atoms with Gasteiger partial charge in [-0.3, -0.25) is 9.59 Å². The summed E-state index contributed by atoms with van der Waals surface area (Å²) in [5, 5.41) is 13.0. The summed E-state index contributed by atoms with van der Waals surface area (Å²) in [6, 6.07) is 4.49. The van der Waals surface area contributed by atoms with Gasteiger partial charge < -0.3 is 16.2 Å². The highest BCUT2D eigenvalue weighted by molar-refractivity contribution is 6.34. The zero-order valence-electron chi connectivity index (χ0n) is 11.0. The molecule has 1 aromatic carbocycles. The second kappa shape index (κ2) is 5.81. The van der Waals surface area contributed by atoms with Gasteiger partial charge in [-0.2, -0.15) is 0 Å². The average molecular weight is 297 g/mol. The Kier molecular flexibility index (Phi) is 4.30. The van der Waals surface area contributed by atoms with Gasteiger partial charge in [-0.1, -0.05) is 24.4 Å². The van der Waals surface area contributed by atoms with E-state index in [4.69, 9.17) is 17.3 Å². The third kappa shape index (κ3) is 3.49. The molecule has 1 fully saturated rings. The Morgan fingerprint density at radius 1 is 1.35 bits per heavy atom. The largest absolute Gasteiger partial charge is 0.389 e. The molecule has 0 spiro atoms. The first-order valence-electron chi connectivity index (χ1n) is 6.51. The summed E-state index contributed by atoms with van der Waals surface area (Å²) < 4.78 is 0. The number of carbonyl (C=O) groups excluding carboxylic acids is 2. The van der Waals surface area contributed by atoms with Crippen LogP contribution >= 0.6 is 11.6 Å². The van der Waals surface area contributed by atoms with Crippen LogP contribution in [0.1, 0.15) is 42.5 Å². The van der Waals surface area contributed by atoms with E-state index in [-0.39, 0.29) is 22.9 Å². The van der Waals surface area contributed by atoms with Crippen LogP contribution in [0, 0.1) is 0 Å². The van der Waals surface area contributed by atoms with Crippen molar-refractivity contribution < 1.29 is 14.7 Å². The van der Waals surface area contributed by atoms with Gasteiger partial charge in [0, 0.05) is 5.69 Å². The molecule has 0 aromatic heterocycles. The first kappa shape index (κ1) is 14.8.